The summed E-state index contributed by atoms with van der Waals surface area (Å²) in [6.45, 7) is 0. The Morgan fingerprint density at radius 2 is 1.33 bits per heavy atom. The van der Waals surface area contributed by atoms with Crippen molar-refractivity contribution in [2.45, 2.75) is 0 Å². The first-order valence-electron chi connectivity index (χ1n) is 0.651. The van der Waals surface area contributed by atoms with Crippen molar-refractivity contribution in [1.29, 1.82) is 0 Å². The Labute approximate surface area is 54.3 Å². The van der Waals surface area contributed by atoms with Crippen molar-refractivity contribution < 1.29 is 36.7 Å². The second kappa shape index (κ2) is 8.96. The van der Waals surface area contributed by atoms with Crippen LogP contribution < -0.4 is 0 Å². The van der Waals surface area contributed by atoms with Gasteiger partial charge in [0.05, 0.1) is 0 Å². The first-order chi connectivity index (χ1) is 1.73. The molecule has 0 fully saturated rings. The molecule has 3 nitrogen and oxygen atoms in total. The number of hydrogen-bond acceptors (Lipinski definition) is 1. The van der Waals surface area contributed by atoms with Gasteiger partial charge in [0.1, 0.15) is 0 Å². The molecule has 0 aliphatic carbocycles. The second-order valence-corrected chi connectivity index (χ2v) is 0.283. The quantitative estimate of drug-likeness (QED) is 0.416. The number of rotatable bonds is 0. The number of hydrogen-bond donors (Lipinski definition) is 2. The molecule has 0 aliphatic rings. The van der Waals surface area contributed by atoms with Gasteiger partial charge < -0.3 is 10.2 Å². The van der Waals surface area contributed by atoms with Crippen molar-refractivity contribution in [1.82, 2.24) is 0 Å². The molecule has 0 unspecified atom stereocenters. The van der Waals surface area contributed by atoms with E-state index in [4.69, 9.17) is 15.0 Å². The van der Waals surface area contributed by atoms with E-state index >= 15 is 0 Å². The fraction of sp³-hybridized carbons (Fsp3) is 0. The second-order valence-electron chi connectivity index (χ2n) is 0.283. The first kappa shape index (κ1) is 16.4. The number of carboxylic acid groups (broad SMARTS) is 2. The van der Waals surface area contributed by atoms with Gasteiger partial charge in [-0.1, -0.05) is 0 Å². The fourth-order valence-electron chi connectivity index (χ4n) is 0. The van der Waals surface area contributed by atoms with Gasteiger partial charge in [0.2, 0.25) is 0 Å². The van der Waals surface area contributed by atoms with E-state index < -0.39 is 6.16 Å². The molecular formula is CH6O3SiTi. The molecule has 0 rings (SSSR count). The summed E-state index contributed by atoms with van der Waals surface area (Å²) in [5, 5.41) is 13.9. The predicted molar refractivity (Wildman–Crippen MR) is 22.0 cm³/mol. The van der Waals surface area contributed by atoms with Crippen LogP contribution >= 0.6 is 0 Å². The van der Waals surface area contributed by atoms with Gasteiger partial charge in [-0.05, 0) is 11.0 Å². The molecule has 0 saturated heterocycles. The Bertz CT molecular complexity index is 33.8. The van der Waals surface area contributed by atoms with Crippen molar-refractivity contribution in [2.24, 2.45) is 0 Å². The van der Waals surface area contributed by atoms with Gasteiger partial charge in [-0.25, -0.2) is 4.79 Å². The Balaban J connectivity index is -0.0000000450. The molecule has 0 aliphatic heterocycles. The van der Waals surface area contributed by atoms with E-state index in [9.17, 15) is 0 Å². The zero-order valence-corrected chi connectivity index (χ0v) is 3.86. The molecule has 0 heterocycles. The summed E-state index contributed by atoms with van der Waals surface area (Å²) in [7, 11) is 0. The number of carbonyl (C=O) groups is 1. The van der Waals surface area contributed by atoms with Crippen molar-refractivity contribution >= 4 is 17.1 Å². The molecule has 0 atom stereocenters. The molecule has 0 aromatic heterocycles. The van der Waals surface area contributed by atoms with Crippen LogP contribution in [-0.4, -0.2) is 27.3 Å². The van der Waals surface area contributed by atoms with Crippen molar-refractivity contribution in [3.8, 4) is 0 Å². The molecular weight excluding hydrogens is 136 g/mol. The van der Waals surface area contributed by atoms with Gasteiger partial charge >= 0.3 is 6.16 Å². The van der Waals surface area contributed by atoms with Gasteiger partial charge in [-0.3, -0.25) is 0 Å². The van der Waals surface area contributed by atoms with Crippen molar-refractivity contribution in [3.05, 3.63) is 0 Å². The SMILES string of the molecule is O=C(O)O.[SiH4].[Ti]. The zero-order chi connectivity index (χ0) is 3.58. The van der Waals surface area contributed by atoms with Crippen LogP contribution in [0.1, 0.15) is 0 Å². The largest absolute Gasteiger partial charge is 0.503 e. The molecule has 0 saturated carbocycles. The maximum atomic E-state index is 8.56. The van der Waals surface area contributed by atoms with Crippen LogP contribution in [0, 0.1) is 0 Å². The third kappa shape index (κ3) is 1060. The molecule has 5 heteroatoms. The van der Waals surface area contributed by atoms with Crippen LogP contribution in [0.25, 0.3) is 0 Å². The minimum absolute atomic E-state index is 0. The summed E-state index contributed by atoms with van der Waals surface area (Å²) in [6.07, 6.45) is -1.83. The molecule has 0 aromatic carbocycles. The van der Waals surface area contributed by atoms with Gasteiger partial charge in [0.25, 0.3) is 0 Å². The van der Waals surface area contributed by atoms with Crippen molar-refractivity contribution in [2.75, 3.05) is 0 Å². The van der Waals surface area contributed by atoms with Crippen LogP contribution in [-0.2, 0) is 21.7 Å². The van der Waals surface area contributed by atoms with Gasteiger partial charge in [-0.2, -0.15) is 0 Å². The van der Waals surface area contributed by atoms with Gasteiger partial charge in [-0.15, -0.1) is 0 Å². The normalized spacial score (nSPS) is 4.00. The van der Waals surface area contributed by atoms with Crippen LogP contribution in [0.2, 0.25) is 0 Å². The maximum absolute atomic E-state index is 8.56. The average Bonchev–Trinajstić information content (AvgIpc) is 0.811. The smallest absolute Gasteiger partial charge is 0.450 e. The molecule has 6 heavy (non-hydrogen) atoms. The molecule has 0 bridgehead atoms. The maximum Gasteiger partial charge on any atom is 0.503 e. The third-order valence-corrected chi connectivity index (χ3v) is 0. The standard InChI is InChI=1S/CH2O3.H4Si.Ti/c2-1(3)4;;/h(H2,2,3,4);1H4;. The first-order valence-corrected chi connectivity index (χ1v) is 0.651. The molecule has 2 N–H and O–H groups in total. The molecule has 0 spiro atoms. The predicted octanol–water partition coefficient (Wildman–Crippen LogP) is -1.23. The average molecular weight is 142 g/mol. The summed E-state index contributed by atoms with van der Waals surface area (Å²) in [4.78, 5) is 8.56. The Kier molecular flexibility index (Phi) is 24.4. The van der Waals surface area contributed by atoms with E-state index in [0.29, 0.717) is 0 Å². The van der Waals surface area contributed by atoms with E-state index in [1.54, 1.807) is 0 Å². The summed E-state index contributed by atoms with van der Waals surface area (Å²) >= 11 is 0. The van der Waals surface area contributed by atoms with E-state index in [1.165, 1.54) is 0 Å². The minimum atomic E-state index is -1.83. The van der Waals surface area contributed by atoms with E-state index in [-0.39, 0.29) is 32.7 Å². The Hall–Kier alpha value is 0.201. The third-order valence-electron chi connectivity index (χ3n) is 0. The van der Waals surface area contributed by atoms with E-state index in [1.807, 2.05) is 0 Å². The fourth-order valence-corrected chi connectivity index (χ4v) is 0. The summed E-state index contributed by atoms with van der Waals surface area (Å²) in [6, 6.07) is 0. The van der Waals surface area contributed by atoms with Gasteiger partial charge in [0, 0.05) is 21.7 Å². The molecule has 0 aromatic rings. The molecule has 36 valence electrons. The minimum Gasteiger partial charge on any atom is -0.450 e. The topological polar surface area (TPSA) is 57.5 Å². The Morgan fingerprint density at radius 3 is 1.33 bits per heavy atom. The van der Waals surface area contributed by atoms with Crippen LogP contribution in [0.3, 0.4) is 0 Å². The van der Waals surface area contributed by atoms with Crippen LogP contribution in [0.5, 0.6) is 0 Å². The van der Waals surface area contributed by atoms with Crippen molar-refractivity contribution in [3.63, 3.8) is 0 Å². The summed E-state index contributed by atoms with van der Waals surface area (Å²) < 4.78 is 0. The zero-order valence-electron chi connectivity index (χ0n) is 2.30. The van der Waals surface area contributed by atoms with Gasteiger partial charge in [0.15, 0.2) is 0 Å². The summed E-state index contributed by atoms with van der Waals surface area (Å²) in [5.74, 6) is 0. The monoisotopic (exact) mass is 142 g/mol. The molecule has 0 radical (unpaired) electrons. The Morgan fingerprint density at radius 1 is 1.33 bits per heavy atom. The van der Waals surface area contributed by atoms with Crippen LogP contribution in [0.15, 0.2) is 0 Å². The van der Waals surface area contributed by atoms with E-state index in [2.05, 4.69) is 0 Å². The van der Waals surface area contributed by atoms with E-state index in [0.717, 1.165) is 0 Å². The molecule has 0 amide bonds. The summed E-state index contributed by atoms with van der Waals surface area (Å²) in [5.41, 5.74) is 0. The van der Waals surface area contributed by atoms with Crippen LogP contribution in [0.4, 0.5) is 4.79 Å².